The largest absolute Gasteiger partial charge is 0.388 e. The summed E-state index contributed by atoms with van der Waals surface area (Å²) in [5, 5.41) is 15.2. The molecule has 1 aromatic rings. The van der Waals surface area contributed by atoms with Gasteiger partial charge in [0.15, 0.2) is 11.5 Å². The van der Waals surface area contributed by atoms with E-state index in [4.69, 9.17) is 9.63 Å². The van der Waals surface area contributed by atoms with Crippen LogP contribution in [0.4, 0.5) is 0 Å². The number of carbonyl (C=O) groups is 1. The Bertz CT molecular complexity index is 365. The molecule has 1 aromatic heterocycles. The third kappa shape index (κ3) is 4.16. The van der Waals surface area contributed by atoms with Gasteiger partial charge in [0, 0.05) is 18.7 Å². The van der Waals surface area contributed by atoms with Crippen molar-refractivity contribution in [2.24, 2.45) is 0 Å². The van der Waals surface area contributed by atoms with Gasteiger partial charge >= 0.3 is 0 Å². The lowest BCUT2D eigenvalue weighted by Gasteiger charge is -2.20. The van der Waals surface area contributed by atoms with Gasteiger partial charge in [0.25, 0.3) is 5.91 Å². The molecule has 6 heteroatoms. The molecule has 0 aliphatic carbocycles. The SMILES string of the molecule is CCN(C)CC(C)NC(=O)c1cc(CO)on1. The highest BCUT2D eigenvalue weighted by Crippen LogP contribution is 2.03. The second-order valence-corrected chi connectivity index (χ2v) is 4.07. The van der Waals surface area contributed by atoms with Crippen molar-refractivity contribution in [3.05, 3.63) is 17.5 Å². The third-order valence-corrected chi connectivity index (χ3v) is 2.45. The number of rotatable bonds is 6. The van der Waals surface area contributed by atoms with Crippen LogP contribution in [-0.2, 0) is 6.61 Å². The van der Waals surface area contributed by atoms with Crippen LogP contribution in [-0.4, -0.2) is 47.2 Å². The smallest absolute Gasteiger partial charge is 0.273 e. The Morgan fingerprint density at radius 1 is 1.71 bits per heavy atom. The molecule has 1 atom stereocenters. The van der Waals surface area contributed by atoms with Crippen molar-refractivity contribution in [3.63, 3.8) is 0 Å². The van der Waals surface area contributed by atoms with Gasteiger partial charge in [-0.05, 0) is 20.5 Å². The zero-order valence-corrected chi connectivity index (χ0v) is 10.4. The fraction of sp³-hybridized carbons (Fsp3) is 0.636. The van der Waals surface area contributed by atoms with E-state index in [2.05, 4.69) is 22.3 Å². The Labute approximate surface area is 101 Å². The summed E-state index contributed by atoms with van der Waals surface area (Å²) >= 11 is 0. The van der Waals surface area contributed by atoms with Crippen molar-refractivity contribution >= 4 is 5.91 Å². The summed E-state index contributed by atoms with van der Waals surface area (Å²) in [5.74, 6) is -0.000989. The number of amides is 1. The Morgan fingerprint density at radius 2 is 2.41 bits per heavy atom. The average molecular weight is 241 g/mol. The lowest BCUT2D eigenvalue weighted by Crippen LogP contribution is -2.40. The highest BCUT2D eigenvalue weighted by atomic mass is 16.5. The summed E-state index contributed by atoms with van der Waals surface area (Å²) in [4.78, 5) is 13.8. The number of aliphatic hydroxyl groups is 1. The number of carbonyl (C=O) groups excluding carboxylic acids is 1. The molecule has 0 aliphatic heterocycles. The normalized spacial score (nSPS) is 12.8. The molecule has 0 fully saturated rings. The zero-order chi connectivity index (χ0) is 12.8. The Hall–Kier alpha value is -1.40. The minimum Gasteiger partial charge on any atom is -0.388 e. The van der Waals surface area contributed by atoms with Gasteiger partial charge in [0.05, 0.1) is 0 Å². The Kier molecular flexibility index (Phi) is 5.11. The maximum Gasteiger partial charge on any atom is 0.273 e. The van der Waals surface area contributed by atoms with Gasteiger partial charge in [-0.1, -0.05) is 12.1 Å². The van der Waals surface area contributed by atoms with E-state index in [1.54, 1.807) is 0 Å². The molecule has 1 rings (SSSR count). The molecule has 0 saturated carbocycles. The summed E-state index contributed by atoms with van der Waals surface area (Å²) in [6.07, 6.45) is 0. The molecule has 17 heavy (non-hydrogen) atoms. The number of likely N-dealkylation sites (N-methyl/N-ethyl adjacent to an activating group) is 1. The molecular weight excluding hydrogens is 222 g/mol. The van der Waals surface area contributed by atoms with E-state index >= 15 is 0 Å². The van der Waals surface area contributed by atoms with Crippen molar-refractivity contribution in [1.29, 1.82) is 0 Å². The fourth-order valence-corrected chi connectivity index (χ4v) is 1.43. The van der Waals surface area contributed by atoms with Crippen LogP contribution in [0.1, 0.15) is 30.1 Å². The molecule has 0 spiro atoms. The number of nitrogens with zero attached hydrogens (tertiary/aromatic N) is 2. The van der Waals surface area contributed by atoms with Gasteiger partial charge in [-0.25, -0.2) is 0 Å². The van der Waals surface area contributed by atoms with Crippen LogP contribution in [0.25, 0.3) is 0 Å². The number of hydrogen-bond acceptors (Lipinski definition) is 5. The van der Waals surface area contributed by atoms with E-state index in [1.807, 2.05) is 14.0 Å². The molecule has 1 amide bonds. The predicted molar refractivity (Wildman–Crippen MR) is 62.5 cm³/mol. The predicted octanol–water partition coefficient (Wildman–Crippen LogP) is 0.237. The first-order valence-corrected chi connectivity index (χ1v) is 5.62. The minimum absolute atomic E-state index is 0.0294. The zero-order valence-electron chi connectivity index (χ0n) is 10.4. The van der Waals surface area contributed by atoms with E-state index in [1.165, 1.54) is 6.07 Å². The van der Waals surface area contributed by atoms with Gasteiger partial charge in [-0.2, -0.15) is 0 Å². The topological polar surface area (TPSA) is 78.6 Å². The molecule has 1 unspecified atom stereocenters. The standard InChI is InChI=1S/C11H19N3O3/c1-4-14(3)6-8(2)12-11(16)10-5-9(7-15)17-13-10/h5,8,15H,4,6-7H2,1-3H3,(H,12,16). The van der Waals surface area contributed by atoms with E-state index in [0.29, 0.717) is 0 Å². The third-order valence-electron chi connectivity index (χ3n) is 2.45. The van der Waals surface area contributed by atoms with E-state index in [0.717, 1.165) is 13.1 Å². The molecular formula is C11H19N3O3. The number of aliphatic hydroxyl groups excluding tert-OH is 1. The van der Waals surface area contributed by atoms with Crippen LogP contribution in [0.3, 0.4) is 0 Å². The molecule has 0 bridgehead atoms. The lowest BCUT2D eigenvalue weighted by atomic mass is 10.3. The van der Waals surface area contributed by atoms with Gasteiger partial charge in [-0.3, -0.25) is 4.79 Å². The van der Waals surface area contributed by atoms with Crippen LogP contribution in [0.15, 0.2) is 10.6 Å². The Balaban J connectivity index is 2.48. The quantitative estimate of drug-likeness (QED) is 0.745. The summed E-state index contributed by atoms with van der Waals surface area (Å²) in [7, 11) is 1.99. The van der Waals surface area contributed by atoms with Crippen molar-refractivity contribution in [2.45, 2.75) is 26.5 Å². The van der Waals surface area contributed by atoms with Gasteiger partial charge in [0.2, 0.25) is 0 Å². The van der Waals surface area contributed by atoms with E-state index in [9.17, 15) is 4.79 Å². The van der Waals surface area contributed by atoms with E-state index < -0.39 is 0 Å². The average Bonchev–Trinajstić information content (AvgIpc) is 2.77. The van der Waals surface area contributed by atoms with Gasteiger partial charge < -0.3 is 19.8 Å². The monoisotopic (exact) mass is 241 g/mol. The summed E-state index contributed by atoms with van der Waals surface area (Å²) in [6.45, 7) is 5.43. The highest BCUT2D eigenvalue weighted by molar-refractivity contribution is 5.92. The fourth-order valence-electron chi connectivity index (χ4n) is 1.43. The van der Waals surface area contributed by atoms with E-state index in [-0.39, 0.29) is 30.0 Å². The molecule has 6 nitrogen and oxygen atoms in total. The molecule has 96 valence electrons. The first-order chi connectivity index (χ1) is 8.06. The second-order valence-electron chi connectivity index (χ2n) is 4.07. The van der Waals surface area contributed by atoms with Gasteiger partial charge in [0.1, 0.15) is 6.61 Å². The molecule has 1 heterocycles. The lowest BCUT2D eigenvalue weighted by molar-refractivity contribution is 0.0923. The van der Waals surface area contributed by atoms with Crippen molar-refractivity contribution < 1.29 is 14.4 Å². The number of nitrogens with one attached hydrogen (secondary N) is 1. The van der Waals surface area contributed by atoms with Gasteiger partial charge in [-0.15, -0.1) is 0 Å². The van der Waals surface area contributed by atoms with Crippen LogP contribution in [0, 0.1) is 0 Å². The van der Waals surface area contributed by atoms with Crippen molar-refractivity contribution in [1.82, 2.24) is 15.4 Å². The van der Waals surface area contributed by atoms with Crippen molar-refractivity contribution in [2.75, 3.05) is 20.1 Å². The number of aromatic nitrogens is 1. The maximum atomic E-state index is 11.7. The second kappa shape index (κ2) is 6.36. The first kappa shape index (κ1) is 13.7. The molecule has 0 aromatic carbocycles. The molecule has 2 N–H and O–H groups in total. The van der Waals surface area contributed by atoms with Crippen LogP contribution in [0.2, 0.25) is 0 Å². The van der Waals surface area contributed by atoms with Crippen LogP contribution >= 0.6 is 0 Å². The van der Waals surface area contributed by atoms with Crippen LogP contribution < -0.4 is 5.32 Å². The Morgan fingerprint density at radius 3 is 2.94 bits per heavy atom. The summed E-state index contributed by atoms with van der Waals surface area (Å²) in [5.41, 5.74) is 0.194. The van der Waals surface area contributed by atoms with Crippen molar-refractivity contribution in [3.8, 4) is 0 Å². The molecule has 0 saturated heterocycles. The summed E-state index contributed by atoms with van der Waals surface area (Å²) < 4.78 is 4.75. The maximum absolute atomic E-state index is 11.7. The van der Waals surface area contributed by atoms with Crippen LogP contribution in [0.5, 0.6) is 0 Å². The first-order valence-electron chi connectivity index (χ1n) is 5.62. The summed E-state index contributed by atoms with van der Waals surface area (Å²) in [6, 6.07) is 1.47. The molecule has 0 aliphatic rings. The molecule has 0 radical (unpaired) electrons. The minimum atomic E-state index is -0.287. The number of hydrogen-bond donors (Lipinski definition) is 2. The highest BCUT2D eigenvalue weighted by Gasteiger charge is 2.15.